The third-order valence-electron chi connectivity index (χ3n) is 3.04. The highest BCUT2D eigenvalue weighted by atomic mass is 32.1. The zero-order chi connectivity index (χ0) is 13.8. The van der Waals surface area contributed by atoms with Crippen LogP contribution in [0.25, 0.3) is 11.3 Å². The van der Waals surface area contributed by atoms with Crippen molar-refractivity contribution in [2.75, 3.05) is 18.9 Å². The van der Waals surface area contributed by atoms with E-state index in [-0.39, 0.29) is 11.7 Å². The van der Waals surface area contributed by atoms with Crippen LogP contribution < -0.4 is 11.1 Å². The van der Waals surface area contributed by atoms with Crippen molar-refractivity contribution in [2.45, 2.75) is 19.3 Å². The topological polar surface area (TPSA) is 50.9 Å². The maximum Gasteiger partial charge on any atom is 0.183 e. The van der Waals surface area contributed by atoms with Gasteiger partial charge in [-0.25, -0.2) is 9.37 Å². The van der Waals surface area contributed by atoms with Gasteiger partial charge < -0.3 is 11.1 Å². The van der Waals surface area contributed by atoms with Crippen molar-refractivity contribution in [3.05, 3.63) is 35.0 Å². The minimum atomic E-state index is -0.239. The quantitative estimate of drug-likeness (QED) is 0.881. The Kier molecular flexibility index (Phi) is 4.50. The Bertz CT molecular complexity index is 553. The van der Waals surface area contributed by atoms with E-state index >= 15 is 0 Å². The van der Waals surface area contributed by atoms with Gasteiger partial charge in [-0.15, -0.1) is 11.3 Å². The first kappa shape index (κ1) is 14.0. The second-order valence-corrected chi connectivity index (χ2v) is 5.47. The van der Waals surface area contributed by atoms with Gasteiger partial charge in [-0.1, -0.05) is 19.1 Å². The van der Waals surface area contributed by atoms with Crippen LogP contribution in [-0.4, -0.2) is 18.6 Å². The molecule has 0 spiro atoms. The summed E-state index contributed by atoms with van der Waals surface area (Å²) in [7, 11) is 1.82. The fourth-order valence-electron chi connectivity index (χ4n) is 2.00. The molecule has 3 nitrogen and oxygen atoms in total. The molecule has 0 aliphatic rings. The Morgan fingerprint density at radius 3 is 2.79 bits per heavy atom. The van der Waals surface area contributed by atoms with E-state index in [2.05, 4.69) is 17.2 Å². The van der Waals surface area contributed by atoms with Crippen LogP contribution in [0.2, 0.25) is 0 Å². The number of aromatic nitrogens is 1. The Morgan fingerprint density at radius 2 is 2.16 bits per heavy atom. The first-order valence-corrected chi connectivity index (χ1v) is 7.12. The summed E-state index contributed by atoms with van der Waals surface area (Å²) < 4.78 is 13.9. The molecule has 1 unspecified atom stereocenters. The monoisotopic (exact) mass is 279 g/mol. The average Bonchev–Trinajstić information content (AvgIpc) is 2.83. The summed E-state index contributed by atoms with van der Waals surface area (Å²) in [6, 6.07) is 6.74. The second kappa shape index (κ2) is 6.12. The molecule has 5 heteroatoms. The van der Waals surface area contributed by atoms with Crippen LogP contribution in [0.3, 0.4) is 0 Å². The SMILES string of the molecule is CNc1nc(-c2ccccc2F)c(C(C)CCN)s1. The van der Waals surface area contributed by atoms with Gasteiger partial charge in [0.15, 0.2) is 5.13 Å². The maximum absolute atomic E-state index is 13.9. The van der Waals surface area contributed by atoms with Gasteiger partial charge >= 0.3 is 0 Å². The van der Waals surface area contributed by atoms with Crippen molar-refractivity contribution in [2.24, 2.45) is 5.73 Å². The van der Waals surface area contributed by atoms with Gasteiger partial charge in [-0.05, 0) is 31.0 Å². The fourth-order valence-corrected chi connectivity index (χ4v) is 3.02. The standard InChI is InChI=1S/C14H18FN3S/c1-9(7-8-16)13-12(18-14(17-2)19-13)10-5-3-4-6-11(10)15/h3-6,9H,7-8,16H2,1-2H3,(H,17,18). The number of thiazole rings is 1. The number of benzene rings is 1. The van der Waals surface area contributed by atoms with E-state index in [0.717, 1.165) is 22.1 Å². The number of hydrogen-bond acceptors (Lipinski definition) is 4. The molecule has 0 aliphatic carbocycles. The fraction of sp³-hybridized carbons (Fsp3) is 0.357. The summed E-state index contributed by atoms with van der Waals surface area (Å²) in [5.41, 5.74) is 6.90. The average molecular weight is 279 g/mol. The first-order valence-electron chi connectivity index (χ1n) is 6.30. The molecule has 3 N–H and O–H groups in total. The Hall–Kier alpha value is -1.46. The van der Waals surface area contributed by atoms with Gasteiger partial charge in [-0.2, -0.15) is 0 Å². The molecule has 1 heterocycles. The lowest BCUT2D eigenvalue weighted by molar-refractivity contribution is 0.630. The van der Waals surface area contributed by atoms with E-state index in [9.17, 15) is 4.39 Å². The first-order chi connectivity index (χ1) is 9.17. The lowest BCUT2D eigenvalue weighted by Crippen LogP contribution is -2.04. The Balaban J connectivity index is 2.49. The molecular weight excluding hydrogens is 261 g/mol. The third kappa shape index (κ3) is 2.93. The second-order valence-electron chi connectivity index (χ2n) is 4.44. The number of hydrogen-bond donors (Lipinski definition) is 2. The van der Waals surface area contributed by atoms with Crippen LogP contribution in [-0.2, 0) is 0 Å². The van der Waals surface area contributed by atoms with Crippen molar-refractivity contribution in [1.82, 2.24) is 4.98 Å². The number of anilines is 1. The number of nitrogens with one attached hydrogen (secondary N) is 1. The predicted octanol–water partition coefficient (Wildman–Crippen LogP) is 3.44. The molecule has 19 heavy (non-hydrogen) atoms. The molecular formula is C14H18FN3S. The van der Waals surface area contributed by atoms with Gasteiger partial charge in [0.1, 0.15) is 5.82 Å². The summed E-state index contributed by atoms with van der Waals surface area (Å²) in [6.07, 6.45) is 0.868. The summed E-state index contributed by atoms with van der Waals surface area (Å²) in [6.45, 7) is 2.72. The largest absolute Gasteiger partial charge is 0.365 e. The molecule has 0 bridgehead atoms. The van der Waals surface area contributed by atoms with Gasteiger partial charge in [-0.3, -0.25) is 0 Å². The molecule has 0 radical (unpaired) electrons. The van der Waals surface area contributed by atoms with Gasteiger partial charge in [0.2, 0.25) is 0 Å². The van der Waals surface area contributed by atoms with Crippen LogP contribution in [0, 0.1) is 5.82 Å². The molecule has 102 valence electrons. The number of nitrogens with two attached hydrogens (primary N) is 1. The molecule has 2 aromatic rings. The highest BCUT2D eigenvalue weighted by Gasteiger charge is 2.19. The van der Waals surface area contributed by atoms with Gasteiger partial charge in [0.05, 0.1) is 5.69 Å². The van der Waals surface area contributed by atoms with Crippen LogP contribution in [0.1, 0.15) is 24.1 Å². The van der Waals surface area contributed by atoms with Crippen molar-refractivity contribution in [3.63, 3.8) is 0 Å². The minimum absolute atomic E-state index is 0.239. The molecule has 1 aromatic heterocycles. The highest BCUT2D eigenvalue weighted by molar-refractivity contribution is 7.16. The van der Waals surface area contributed by atoms with Crippen LogP contribution >= 0.6 is 11.3 Å². The van der Waals surface area contributed by atoms with E-state index in [1.807, 2.05) is 13.1 Å². The summed E-state index contributed by atoms with van der Waals surface area (Å²) in [5, 5.41) is 3.83. The summed E-state index contributed by atoms with van der Waals surface area (Å²) in [4.78, 5) is 5.57. The molecule has 0 saturated carbocycles. The molecule has 0 amide bonds. The van der Waals surface area contributed by atoms with E-state index < -0.39 is 0 Å². The molecule has 1 atom stereocenters. The minimum Gasteiger partial charge on any atom is -0.365 e. The Labute approximate surface area is 116 Å². The number of rotatable bonds is 5. The predicted molar refractivity (Wildman–Crippen MR) is 79.1 cm³/mol. The Morgan fingerprint density at radius 1 is 1.42 bits per heavy atom. The van der Waals surface area contributed by atoms with Crippen molar-refractivity contribution < 1.29 is 4.39 Å². The van der Waals surface area contributed by atoms with Crippen molar-refractivity contribution >= 4 is 16.5 Å². The molecule has 0 fully saturated rings. The normalized spacial score (nSPS) is 12.4. The highest BCUT2D eigenvalue weighted by Crippen LogP contribution is 2.38. The van der Waals surface area contributed by atoms with Crippen molar-refractivity contribution in [1.29, 1.82) is 0 Å². The lowest BCUT2D eigenvalue weighted by Gasteiger charge is -2.10. The van der Waals surface area contributed by atoms with E-state index in [4.69, 9.17) is 5.73 Å². The third-order valence-corrected chi connectivity index (χ3v) is 4.35. The van der Waals surface area contributed by atoms with E-state index in [1.54, 1.807) is 23.5 Å². The number of nitrogens with zero attached hydrogens (tertiary/aromatic N) is 1. The van der Waals surface area contributed by atoms with Gasteiger partial charge in [0, 0.05) is 17.5 Å². The zero-order valence-corrected chi connectivity index (χ0v) is 11.9. The molecule has 0 saturated heterocycles. The lowest BCUT2D eigenvalue weighted by atomic mass is 10.0. The smallest absolute Gasteiger partial charge is 0.183 e. The zero-order valence-electron chi connectivity index (χ0n) is 11.1. The maximum atomic E-state index is 13.9. The molecule has 2 rings (SSSR count). The summed E-state index contributed by atoms with van der Waals surface area (Å²) >= 11 is 1.57. The van der Waals surface area contributed by atoms with E-state index in [1.165, 1.54) is 6.07 Å². The van der Waals surface area contributed by atoms with E-state index in [0.29, 0.717) is 12.1 Å². The molecule has 1 aromatic carbocycles. The van der Waals surface area contributed by atoms with Crippen LogP contribution in [0.15, 0.2) is 24.3 Å². The van der Waals surface area contributed by atoms with Gasteiger partial charge in [0.25, 0.3) is 0 Å². The molecule has 0 aliphatic heterocycles. The van der Waals surface area contributed by atoms with Crippen LogP contribution in [0.5, 0.6) is 0 Å². The van der Waals surface area contributed by atoms with Crippen molar-refractivity contribution in [3.8, 4) is 11.3 Å². The van der Waals surface area contributed by atoms with Crippen LogP contribution in [0.4, 0.5) is 9.52 Å². The summed E-state index contributed by atoms with van der Waals surface area (Å²) in [5.74, 6) is 0.0378. The number of halogens is 1.